The number of unbranched alkanes of at least 4 members (excludes halogenated alkanes) is 1. The first-order chi connectivity index (χ1) is 11.8. The van der Waals surface area contributed by atoms with Crippen molar-refractivity contribution in [3.63, 3.8) is 0 Å². The third-order valence-corrected chi connectivity index (χ3v) is 3.37. The Balaban J connectivity index is 2.02. The van der Waals surface area contributed by atoms with Gasteiger partial charge in [0.05, 0.1) is 19.8 Å². The van der Waals surface area contributed by atoms with Crippen molar-refractivity contribution in [3.8, 4) is 0 Å². The van der Waals surface area contributed by atoms with Crippen LogP contribution in [-0.2, 0) is 15.9 Å². The summed E-state index contributed by atoms with van der Waals surface area (Å²) in [7, 11) is 1.72. The number of ether oxygens (including phenoxy) is 2. The van der Waals surface area contributed by atoms with Crippen molar-refractivity contribution < 1.29 is 13.9 Å². The maximum atomic E-state index is 13.1. The van der Waals surface area contributed by atoms with Crippen LogP contribution in [0.25, 0.3) is 0 Å². The Kier molecular flexibility index (Phi) is 11.7. The predicted molar refractivity (Wildman–Crippen MR) is 96.0 cm³/mol. The summed E-state index contributed by atoms with van der Waals surface area (Å²) in [6.45, 7) is 6.16. The van der Waals surface area contributed by atoms with Gasteiger partial charge in [0.25, 0.3) is 0 Å². The summed E-state index contributed by atoms with van der Waals surface area (Å²) in [6.07, 6.45) is 2.99. The van der Waals surface area contributed by atoms with E-state index in [2.05, 4.69) is 22.5 Å². The molecule has 0 radical (unpaired) electrons. The fourth-order valence-electron chi connectivity index (χ4n) is 2.05. The molecule has 2 N–H and O–H groups in total. The molecule has 1 rings (SSSR count). The molecule has 0 aliphatic heterocycles. The van der Waals surface area contributed by atoms with Crippen molar-refractivity contribution in [3.05, 3.63) is 35.6 Å². The molecule has 0 unspecified atom stereocenters. The molecule has 0 spiro atoms. The molecule has 0 saturated carbocycles. The number of aliphatic imine (C=N–C) groups is 1. The van der Waals surface area contributed by atoms with E-state index in [1.165, 1.54) is 6.07 Å². The van der Waals surface area contributed by atoms with E-state index in [1.807, 2.05) is 6.07 Å². The molecule has 6 heteroatoms. The number of guanidine groups is 1. The second-order valence-corrected chi connectivity index (χ2v) is 5.38. The van der Waals surface area contributed by atoms with Gasteiger partial charge in [-0.2, -0.15) is 0 Å². The largest absolute Gasteiger partial charge is 0.379 e. The second kappa shape index (κ2) is 13.7. The van der Waals surface area contributed by atoms with Gasteiger partial charge in [-0.05, 0) is 30.5 Å². The Morgan fingerprint density at radius 1 is 1.08 bits per heavy atom. The molecule has 24 heavy (non-hydrogen) atoms. The van der Waals surface area contributed by atoms with E-state index in [9.17, 15) is 4.39 Å². The van der Waals surface area contributed by atoms with Gasteiger partial charge in [-0.1, -0.05) is 25.5 Å². The quantitative estimate of drug-likeness (QED) is 0.349. The molecular weight excluding hydrogens is 309 g/mol. The Morgan fingerprint density at radius 3 is 2.54 bits per heavy atom. The molecule has 1 aromatic carbocycles. The molecule has 0 aliphatic rings. The second-order valence-electron chi connectivity index (χ2n) is 5.38. The Morgan fingerprint density at radius 2 is 1.83 bits per heavy atom. The lowest BCUT2D eigenvalue weighted by atomic mass is 10.1. The fourth-order valence-corrected chi connectivity index (χ4v) is 2.05. The first-order valence-corrected chi connectivity index (χ1v) is 8.60. The lowest BCUT2D eigenvalue weighted by molar-refractivity contribution is 0.0487. The summed E-state index contributed by atoms with van der Waals surface area (Å²) in [5.74, 6) is 0.514. The molecule has 0 aliphatic carbocycles. The van der Waals surface area contributed by atoms with Crippen LogP contribution in [0.3, 0.4) is 0 Å². The van der Waals surface area contributed by atoms with Crippen molar-refractivity contribution in [2.75, 3.05) is 46.6 Å². The SMILES string of the molecule is CCCCOCCOCCNC(=NC)NCCc1cccc(F)c1. The van der Waals surface area contributed by atoms with E-state index < -0.39 is 0 Å². The average molecular weight is 339 g/mol. The number of benzene rings is 1. The highest BCUT2D eigenvalue weighted by Crippen LogP contribution is 2.03. The highest BCUT2D eigenvalue weighted by atomic mass is 19.1. The minimum absolute atomic E-state index is 0.203. The molecule has 136 valence electrons. The summed E-state index contributed by atoms with van der Waals surface area (Å²) in [5.41, 5.74) is 0.962. The van der Waals surface area contributed by atoms with Crippen LogP contribution >= 0.6 is 0 Å². The highest BCUT2D eigenvalue weighted by Gasteiger charge is 1.99. The number of nitrogens with zero attached hydrogens (tertiary/aromatic N) is 1. The fraction of sp³-hybridized carbons (Fsp3) is 0.611. The lowest BCUT2D eigenvalue weighted by Crippen LogP contribution is -2.39. The predicted octanol–water partition coefficient (Wildman–Crippen LogP) is 2.37. The number of rotatable bonds is 12. The first-order valence-electron chi connectivity index (χ1n) is 8.60. The lowest BCUT2D eigenvalue weighted by Gasteiger charge is -2.12. The van der Waals surface area contributed by atoms with Crippen LogP contribution in [0.5, 0.6) is 0 Å². The summed E-state index contributed by atoms with van der Waals surface area (Å²) >= 11 is 0. The topological polar surface area (TPSA) is 54.9 Å². The number of hydrogen-bond acceptors (Lipinski definition) is 3. The molecule has 0 saturated heterocycles. The van der Waals surface area contributed by atoms with Gasteiger partial charge < -0.3 is 20.1 Å². The monoisotopic (exact) mass is 339 g/mol. The summed E-state index contributed by atoms with van der Waals surface area (Å²) in [6, 6.07) is 6.64. The minimum Gasteiger partial charge on any atom is -0.379 e. The summed E-state index contributed by atoms with van der Waals surface area (Å²) < 4.78 is 24.0. The summed E-state index contributed by atoms with van der Waals surface area (Å²) in [5, 5.41) is 6.38. The zero-order chi connectivity index (χ0) is 17.5. The smallest absolute Gasteiger partial charge is 0.191 e. The molecule has 0 atom stereocenters. The van der Waals surface area contributed by atoms with Gasteiger partial charge in [-0.15, -0.1) is 0 Å². The van der Waals surface area contributed by atoms with Crippen LogP contribution in [0.2, 0.25) is 0 Å². The van der Waals surface area contributed by atoms with Crippen molar-refractivity contribution in [1.29, 1.82) is 0 Å². The molecule has 0 heterocycles. The van der Waals surface area contributed by atoms with E-state index in [-0.39, 0.29) is 5.82 Å². The van der Waals surface area contributed by atoms with Crippen LogP contribution in [0, 0.1) is 5.82 Å². The van der Waals surface area contributed by atoms with E-state index in [1.54, 1.807) is 19.2 Å². The standard InChI is InChI=1S/C18H30FN3O2/c1-3-4-11-23-13-14-24-12-10-22-18(20-2)21-9-8-16-6-5-7-17(19)15-16/h5-7,15H,3-4,8-14H2,1-2H3,(H2,20,21,22). The van der Waals surface area contributed by atoms with Crippen molar-refractivity contribution >= 4 is 5.96 Å². The van der Waals surface area contributed by atoms with Gasteiger partial charge in [0.2, 0.25) is 0 Å². The molecule has 5 nitrogen and oxygen atoms in total. The Hall–Kier alpha value is -1.66. The van der Waals surface area contributed by atoms with E-state index in [0.717, 1.165) is 31.4 Å². The van der Waals surface area contributed by atoms with Crippen LogP contribution < -0.4 is 10.6 Å². The summed E-state index contributed by atoms with van der Waals surface area (Å²) in [4.78, 5) is 4.14. The maximum absolute atomic E-state index is 13.1. The zero-order valence-electron chi connectivity index (χ0n) is 14.8. The molecule has 0 aromatic heterocycles. The van der Waals surface area contributed by atoms with Gasteiger partial charge in [0, 0.05) is 26.7 Å². The average Bonchev–Trinajstić information content (AvgIpc) is 2.59. The molecule has 1 aromatic rings. The van der Waals surface area contributed by atoms with Gasteiger partial charge >= 0.3 is 0 Å². The van der Waals surface area contributed by atoms with E-state index in [4.69, 9.17) is 9.47 Å². The van der Waals surface area contributed by atoms with Crippen molar-refractivity contribution in [1.82, 2.24) is 10.6 Å². The molecule has 0 bridgehead atoms. The zero-order valence-corrected chi connectivity index (χ0v) is 14.8. The normalized spacial score (nSPS) is 11.5. The van der Waals surface area contributed by atoms with Crippen LogP contribution in [0.15, 0.2) is 29.3 Å². The first kappa shape index (κ1) is 20.4. The molecule has 0 amide bonds. The Bertz CT molecular complexity index is 469. The van der Waals surface area contributed by atoms with Crippen LogP contribution in [-0.4, -0.2) is 52.5 Å². The highest BCUT2D eigenvalue weighted by molar-refractivity contribution is 5.79. The third-order valence-electron chi connectivity index (χ3n) is 3.37. The number of hydrogen-bond donors (Lipinski definition) is 2. The van der Waals surface area contributed by atoms with Gasteiger partial charge in [0.15, 0.2) is 5.96 Å². The van der Waals surface area contributed by atoms with E-state index in [0.29, 0.717) is 38.9 Å². The van der Waals surface area contributed by atoms with E-state index >= 15 is 0 Å². The van der Waals surface area contributed by atoms with Crippen LogP contribution in [0.4, 0.5) is 4.39 Å². The minimum atomic E-state index is -0.203. The number of nitrogens with one attached hydrogen (secondary N) is 2. The Labute approximate surface area is 144 Å². The third kappa shape index (κ3) is 10.2. The van der Waals surface area contributed by atoms with Crippen molar-refractivity contribution in [2.45, 2.75) is 26.2 Å². The number of halogens is 1. The van der Waals surface area contributed by atoms with Gasteiger partial charge in [-0.25, -0.2) is 4.39 Å². The molecular formula is C18H30FN3O2. The van der Waals surface area contributed by atoms with Gasteiger partial charge in [0.1, 0.15) is 5.82 Å². The van der Waals surface area contributed by atoms with Gasteiger partial charge in [-0.3, -0.25) is 4.99 Å². The van der Waals surface area contributed by atoms with Crippen LogP contribution in [0.1, 0.15) is 25.3 Å². The van der Waals surface area contributed by atoms with Crippen molar-refractivity contribution in [2.24, 2.45) is 4.99 Å². The maximum Gasteiger partial charge on any atom is 0.191 e. The molecule has 0 fully saturated rings.